The Morgan fingerprint density at radius 2 is 2.33 bits per heavy atom. The molecule has 1 aliphatic rings. The topological polar surface area (TPSA) is 64.4 Å². The number of anilines is 1. The second kappa shape index (κ2) is 4.74. The van der Waals surface area contributed by atoms with E-state index in [0.717, 1.165) is 6.42 Å². The predicted octanol–water partition coefficient (Wildman–Crippen LogP) is 3.23. The quantitative estimate of drug-likeness (QED) is 0.676. The van der Waals surface area contributed by atoms with E-state index < -0.39 is 4.92 Å². The van der Waals surface area contributed by atoms with E-state index in [1.54, 1.807) is 12.1 Å². The second-order valence-electron chi connectivity index (χ2n) is 4.70. The van der Waals surface area contributed by atoms with Crippen LogP contribution in [0.2, 0.25) is 5.02 Å². The van der Waals surface area contributed by atoms with Gasteiger partial charge >= 0.3 is 0 Å². The number of ether oxygens (including phenoxy) is 1. The molecule has 2 rings (SSSR count). The van der Waals surface area contributed by atoms with E-state index in [2.05, 4.69) is 5.32 Å². The van der Waals surface area contributed by atoms with Crippen molar-refractivity contribution >= 4 is 23.0 Å². The van der Waals surface area contributed by atoms with Crippen molar-refractivity contribution in [2.75, 3.05) is 11.9 Å². The summed E-state index contributed by atoms with van der Waals surface area (Å²) in [6, 6.07) is 4.65. The van der Waals surface area contributed by atoms with E-state index in [1.807, 2.05) is 13.8 Å². The van der Waals surface area contributed by atoms with Gasteiger partial charge in [-0.25, -0.2) is 0 Å². The van der Waals surface area contributed by atoms with Gasteiger partial charge in [0.25, 0.3) is 5.69 Å². The highest BCUT2D eigenvalue weighted by Gasteiger charge is 2.38. The summed E-state index contributed by atoms with van der Waals surface area (Å²) < 4.78 is 5.51. The number of benzene rings is 1. The minimum atomic E-state index is -0.432. The van der Waals surface area contributed by atoms with Crippen molar-refractivity contribution < 1.29 is 9.66 Å². The van der Waals surface area contributed by atoms with Crippen molar-refractivity contribution in [1.82, 2.24) is 0 Å². The SMILES string of the molecule is CC1OCCC1(C)Nc1c(Cl)cccc1[N+](=O)[O-]. The lowest BCUT2D eigenvalue weighted by molar-refractivity contribution is -0.384. The molecule has 1 saturated heterocycles. The van der Waals surface area contributed by atoms with Crippen LogP contribution >= 0.6 is 11.6 Å². The van der Waals surface area contributed by atoms with Crippen LogP contribution in [0.1, 0.15) is 20.3 Å². The average molecular weight is 271 g/mol. The number of nitro benzene ring substituents is 1. The molecule has 1 aromatic rings. The number of nitro groups is 1. The average Bonchev–Trinajstić information content (AvgIpc) is 2.62. The lowest BCUT2D eigenvalue weighted by Crippen LogP contribution is -2.41. The Hall–Kier alpha value is -1.33. The van der Waals surface area contributed by atoms with Crippen molar-refractivity contribution in [3.63, 3.8) is 0 Å². The van der Waals surface area contributed by atoms with Crippen LogP contribution in [0.3, 0.4) is 0 Å². The van der Waals surface area contributed by atoms with E-state index in [-0.39, 0.29) is 17.3 Å². The molecular weight excluding hydrogens is 256 g/mol. The first-order chi connectivity index (χ1) is 8.44. The summed E-state index contributed by atoms with van der Waals surface area (Å²) in [6.45, 7) is 4.57. The molecule has 18 heavy (non-hydrogen) atoms. The van der Waals surface area contributed by atoms with Crippen molar-refractivity contribution in [2.24, 2.45) is 0 Å². The molecule has 0 amide bonds. The van der Waals surface area contributed by atoms with Crippen LogP contribution in [0.5, 0.6) is 0 Å². The Balaban J connectivity index is 2.37. The fraction of sp³-hybridized carbons (Fsp3) is 0.500. The molecule has 1 aliphatic heterocycles. The van der Waals surface area contributed by atoms with E-state index in [0.29, 0.717) is 17.3 Å². The van der Waals surface area contributed by atoms with Gasteiger partial charge in [0.2, 0.25) is 0 Å². The van der Waals surface area contributed by atoms with Crippen LogP contribution in [0.4, 0.5) is 11.4 Å². The maximum atomic E-state index is 11.0. The molecule has 0 spiro atoms. The van der Waals surface area contributed by atoms with Gasteiger partial charge < -0.3 is 10.1 Å². The first-order valence-electron chi connectivity index (χ1n) is 5.77. The fourth-order valence-corrected chi connectivity index (χ4v) is 2.29. The third-order valence-electron chi connectivity index (χ3n) is 3.49. The Morgan fingerprint density at radius 1 is 1.61 bits per heavy atom. The van der Waals surface area contributed by atoms with Gasteiger partial charge in [-0.2, -0.15) is 0 Å². The number of hydrogen-bond acceptors (Lipinski definition) is 4. The fourth-order valence-electron chi connectivity index (χ4n) is 2.07. The van der Waals surface area contributed by atoms with Crippen molar-refractivity contribution in [3.8, 4) is 0 Å². The minimum absolute atomic E-state index is 0.0113. The standard InChI is InChI=1S/C12H15ClN2O3/c1-8-12(2,6-7-18-8)14-11-9(13)4-3-5-10(11)15(16)17/h3-5,8,14H,6-7H2,1-2H3. The number of rotatable bonds is 3. The molecule has 1 fully saturated rings. The lowest BCUT2D eigenvalue weighted by atomic mass is 9.94. The van der Waals surface area contributed by atoms with E-state index in [4.69, 9.17) is 16.3 Å². The van der Waals surface area contributed by atoms with Gasteiger partial charge in [-0.15, -0.1) is 0 Å². The molecule has 0 saturated carbocycles. The Morgan fingerprint density at radius 3 is 2.89 bits per heavy atom. The summed E-state index contributed by atoms with van der Waals surface area (Å²) in [5.74, 6) is 0. The Bertz CT molecular complexity index is 480. The highest BCUT2D eigenvalue weighted by Crippen LogP contribution is 2.37. The summed E-state index contributed by atoms with van der Waals surface area (Å²) in [5, 5.41) is 14.5. The molecule has 98 valence electrons. The van der Waals surface area contributed by atoms with Crippen LogP contribution in [0.25, 0.3) is 0 Å². The molecule has 5 nitrogen and oxygen atoms in total. The van der Waals surface area contributed by atoms with Gasteiger partial charge in [-0.1, -0.05) is 17.7 Å². The van der Waals surface area contributed by atoms with Crippen LogP contribution < -0.4 is 5.32 Å². The first-order valence-corrected chi connectivity index (χ1v) is 6.14. The maximum absolute atomic E-state index is 11.0. The molecule has 2 atom stereocenters. The highest BCUT2D eigenvalue weighted by atomic mass is 35.5. The number of nitrogens with zero attached hydrogens (tertiary/aromatic N) is 1. The smallest absolute Gasteiger partial charge is 0.293 e. The summed E-state index contributed by atoms with van der Waals surface area (Å²) in [7, 11) is 0. The zero-order chi connectivity index (χ0) is 13.3. The number of hydrogen-bond donors (Lipinski definition) is 1. The molecule has 1 heterocycles. The van der Waals surface area contributed by atoms with Gasteiger partial charge in [-0.3, -0.25) is 10.1 Å². The van der Waals surface area contributed by atoms with Gasteiger partial charge in [-0.05, 0) is 26.3 Å². The molecule has 0 aromatic heterocycles. The van der Waals surface area contributed by atoms with Gasteiger partial charge in [0, 0.05) is 12.7 Å². The third kappa shape index (κ3) is 2.28. The molecule has 0 bridgehead atoms. The number of halogens is 1. The molecule has 2 unspecified atom stereocenters. The molecular formula is C12H15ClN2O3. The molecule has 0 radical (unpaired) electrons. The molecule has 0 aliphatic carbocycles. The van der Waals surface area contributed by atoms with Crippen LogP contribution in [0.15, 0.2) is 18.2 Å². The highest BCUT2D eigenvalue weighted by molar-refractivity contribution is 6.33. The van der Waals surface area contributed by atoms with Crippen molar-refractivity contribution in [1.29, 1.82) is 0 Å². The normalized spacial score (nSPS) is 27.2. The van der Waals surface area contributed by atoms with Crippen LogP contribution in [-0.4, -0.2) is 23.2 Å². The van der Waals surface area contributed by atoms with E-state index in [1.165, 1.54) is 6.07 Å². The number of nitrogens with one attached hydrogen (secondary N) is 1. The van der Waals surface area contributed by atoms with E-state index in [9.17, 15) is 10.1 Å². The van der Waals surface area contributed by atoms with Gasteiger partial charge in [0.1, 0.15) is 5.69 Å². The van der Waals surface area contributed by atoms with Gasteiger partial charge in [0.05, 0.1) is 21.6 Å². The summed E-state index contributed by atoms with van der Waals surface area (Å²) in [6.07, 6.45) is 0.768. The summed E-state index contributed by atoms with van der Waals surface area (Å²) >= 11 is 6.05. The zero-order valence-corrected chi connectivity index (χ0v) is 11.0. The molecule has 1 N–H and O–H groups in total. The Kier molecular flexibility index (Phi) is 3.45. The molecule has 1 aromatic carbocycles. The van der Waals surface area contributed by atoms with Crippen molar-refractivity contribution in [3.05, 3.63) is 33.3 Å². The number of para-hydroxylation sites is 1. The van der Waals surface area contributed by atoms with Gasteiger partial charge in [0.15, 0.2) is 0 Å². The lowest BCUT2D eigenvalue weighted by Gasteiger charge is -2.30. The largest absolute Gasteiger partial charge is 0.376 e. The summed E-state index contributed by atoms with van der Waals surface area (Å²) in [4.78, 5) is 10.6. The van der Waals surface area contributed by atoms with Crippen molar-refractivity contribution in [2.45, 2.75) is 31.9 Å². The monoisotopic (exact) mass is 270 g/mol. The van der Waals surface area contributed by atoms with Crippen LogP contribution in [-0.2, 0) is 4.74 Å². The Labute approximate surface area is 110 Å². The predicted molar refractivity (Wildman–Crippen MR) is 70.2 cm³/mol. The van der Waals surface area contributed by atoms with E-state index >= 15 is 0 Å². The third-order valence-corrected chi connectivity index (χ3v) is 3.80. The maximum Gasteiger partial charge on any atom is 0.293 e. The summed E-state index contributed by atoms with van der Waals surface area (Å²) in [5.41, 5.74) is 0.0160. The second-order valence-corrected chi connectivity index (χ2v) is 5.10. The molecule has 6 heteroatoms. The minimum Gasteiger partial charge on any atom is -0.376 e. The first kappa shape index (κ1) is 13.1. The zero-order valence-electron chi connectivity index (χ0n) is 10.3. The van der Waals surface area contributed by atoms with Crippen LogP contribution in [0, 0.1) is 10.1 Å².